The number of amides is 2. The molecule has 0 unspecified atom stereocenters. The van der Waals surface area contributed by atoms with E-state index in [-0.39, 0.29) is 23.1 Å². The lowest BCUT2D eigenvalue weighted by Gasteiger charge is -2.37. The number of hydrogen-bond donors (Lipinski definition) is 1. The van der Waals surface area contributed by atoms with Gasteiger partial charge in [0.1, 0.15) is 0 Å². The third kappa shape index (κ3) is 5.12. The summed E-state index contributed by atoms with van der Waals surface area (Å²) in [5, 5.41) is 3.24. The normalized spacial score (nSPS) is 24.4. The van der Waals surface area contributed by atoms with Crippen molar-refractivity contribution in [3.63, 3.8) is 0 Å². The molecule has 0 bridgehead atoms. The molecule has 2 aliphatic heterocycles. The van der Waals surface area contributed by atoms with Crippen LogP contribution in [0, 0.1) is 11.3 Å². The van der Waals surface area contributed by atoms with Gasteiger partial charge in [0.25, 0.3) is 5.91 Å². The molecule has 2 amide bonds. The third-order valence-corrected chi connectivity index (χ3v) is 7.76. The van der Waals surface area contributed by atoms with Gasteiger partial charge < -0.3 is 15.1 Å². The van der Waals surface area contributed by atoms with Crippen molar-refractivity contribution in [2.75, 3.05) is 58.9 Å². The van der Waals surface area contributed by atoms with Crippen molar-refractivity contribution in [1.82, 2.24) is 20.0 Å². The van der Waals surface area contributed by atoms with Crippen molar-refractivity contribution in [3.8, 4) is 0 Å². The second-order valence-electron chi connectivity index (χ2n) is 9.59. The number of carbonyl (C=O) groups is 2. The first-order chi connectivity index (χ1) is 15.1. The van der Waals surface area contributed by atoms with Gasteiger partial charge in [0, 0.05) is 63.3 Å². The van der Waals surface area contributed by atoms with Crippen molar-refractivity contribution in [2.24, 2.45) is 11.3 Å². The van der Waals surface area contributed by atoms with Gasteiger partial charge in [-0.15, -0.1) is 0 Å². The highest BCUT2D eigenvalue weighted by Crippen LogP contribution is 2.47. The Morgan fingerprint density at radius 3 is 2.35 bits per heavy atom. The third-order valence-electron chi connectivity index (χ3n) is 7.76. The Balaban J connectivity index is 1.35. The molecule has 1 aromatic rings. The van der Waals surface area contributed by atoms with Crippen LogP contribution in [0.3, 0.4) is 0 Å². The first kappa shape index (κ1) is 22.3. The van der Waals surface area contributed by atoms with Crippen molar-refractivity contribution >= 4 is 11.8 Å². The summed E-state index contributed by atoms with van der Waals surface area (Å²) in [7, 11) is 0. The quantitative estimate of drug-likeness (QED) is 0.759. The maximum Gasteiger partial charge on any atom is 0.253 e. The summed E-state index contributed by atoms with van der Waals surface area (Å²) in [6.45, 7) is 10.6. The van der Waals surface area contributed by atoms with E-state index in [0.717, 1.165) is 64.2 Å². The lowest BCUT2D eigenvalue weighted by atomic mass is 9.67. The lowest BCUT2D eigenvalue weighted by Crippen LogP contribution is -2.49. The lowest BCUT2D eigenvalue weighted by molar-refractivity contribution is -0.128. The fourth-order valence-corrected chi connectivity index (χ4v) is 5.80. The highest BCUT2D eigenvalue weighted by molar-refractivity contribution is 5.95. The minimum absolute atomic E-state index is 0.0421. The first-order valence-electron chi connectivity index (χ1n) is 12.2. The van der Waals surface area contributed by atoms with Crippen LogP contribution in [-0.4, -0.2) is 85.4 Å². The second kappa shape index (κ2) is 10.1. The van der Waals surface area contributed by atoms with Crippen LogP contribution in [0.1, 0.15) is 49.4 Å². The van der Waals surface area contributed by atoms with Crippen LogP contribution in [0.15, 0.2) is 30.3 Å². The van der Waals surface area contributed by atoms with Gasteiger partial charge in [-0.3, -0.25) is 14.5 Å². The van der Waals surface area contributed by atoms with Crippen molar-refractivity contribution in [2.45, 2.75) is 39.0 Å². The van der Waals surface area contributed by atoms with Crippen molar-refractivity contribution in [1.29, 1.82) is 0 Å². The maximum atomic E-state index is 13.3. The molecule has 1 saturated carbocycles. The Morgan fingerprint density at radius 1 is 1.00 bits per heavy atom. The number of nitrogens with zero attached hydrogens (tertiary/aromatic N) is 3. The molecule has 31 heavy (non-hydrogen) atoms. The van der Waals surface area contributed by atoms with Crippen LogP contribution in [-0.2, 0) is 4.79 Å². The maximum absolute atomic E-state index is 13.3. The summed E-state index contributed by atoms with van der Waals surface area (Å²) in [4.78, 5) is 33.2. The zero-order valence-corrected chi connectivity index (χ0v) is 19.0. The summed E-state index contributed by atoms with van der Waals surface area (Å²) < 4.78 is 0. The van der Waals surface area contributed by atoms with E-state index in [1.807, 2.05) is 35.2 Å². The number of likely N-dealkylation sites (N-methyl/N-ethyl adjacent to an activating group) is 1. The van der Waals surface area contributed by atoms with Gasteiger partial charge in [-0.05, 0) is 31.5 Å². The second-order valence-corrected chi connectivity index (χ2v) is 9.59. The molecule has 2 saturated heterocycles. The molecule has 1 N–H and O–H groups in total. The van der Waals surface area contributed by atoms with Crippen LogP contribution in [0.5, 0.6) is 0 Å². The van der Waals surface area contributed by atoms with Crippen LogP contribution >= 0.6 is 0 Å². The fourth-order valence-electron chi connectivity index (χ4n) is 5.80. The van der Waals surface area contributed by atoms with E-state index >= 15 is 0 Å². The summed E-state index contributed by atoms with van der Waals surface area (Å²) in [5.41, 5.74) is 0.681. The van der Waals surface area contributed by atoms with E-state index in [9.17, 15) is 9.59 Å². The predicted molar refractivity (Wildman–Crippen MR) is 123 cm³/mol. The molecular formula is C25H38N4O2. The van der Waals surface area contributed by atoms with Gasteiger partial charge in [-0.1, -0.05) is 44.4 Å². The van der Waals surface area contributed by atoms with E-state index in [4.69, 9.17) is 0 Å². The molecule has 6 heteroatoms. The van der Waals surface area contributed by atoms with E-state index in [2.05, 4.69) is 22.0 Å². The number of rotatable bonds is 6. The van der Waals surface area contributed by atoms with E-state index in [0.29, 0.717) is 13.1 Å². The highest BCUT2D eigenvalue weighted by Gasteiger charge is 2.51. The van der Waals surface area contributed by atoms with Gasteiger partial charge in [0.15, 0.2) is 0 Å². The minimum Gasteiger partial charge on any atom is -0.354 e. The molecule has 3 fully saturated rings. The number of nitrogens with one attached hydrogen (secondary N) is 1. The minimum atomic E-state index is -0.0857. The Kier molecular flexibility index (Phi) is 7.28. The van der Waals surface area contributed by atoms with Gasteiger partial charge in [-0.25, -0.2) is 0 Å². The standard InChI is InChI=1S/C25H38N4O2/c1-2-27-15-17-28(18-16-27)14-13-26-23(30)22-19-29(20-25(22)11-7-4-8-12-25)24(31)21-9-5-3-6-10-21/h3,5-6,9-10,22H,2,4,7-8,11-20H2,1H3,(H,26,30)/t22-/m0/s1. The monoisotopic (exact) mass is 426 g/mol. The van der Waals surface area contributed by atoms with E-state index in [1.165, 1.54) is 19.3 Å². The SMILES string of the molecule is CCN1CCN(CCNC(=O)[C@@H]2CN(C(=O)c3ccccc3)CC23CCCCC3)CC1. The molecule has 0 aromatic heterocycles. The first-order valence-corrected chi connectivity index (χ1v) is 12.2. The molecule has 170 valence electrons. The molecule has 2 heterocycles. The summed E-state index contributed by atoms with van der Waals surface area (Å²) in [6.07, 6.45) is 5.69. The summed E-state index contributed by atoms with van der Waals surface area (Å²) >= 11 is 0. The number of piperazine rings is 1. The summed E-state index contributed by atoms with van der Waals surface area (Å²) in [5.74, 6) is 0.129. The largest absolute Gasteiger partial charge is 0.354 e. The molecule has 4 rings (SSSR count). The number of hydrogen-bond acceptors (Lipinski definition) is 4. The molecule has 1 atom stereocenters. The molecule has 3 aliphatic rings. The predicted octanol–water partition coefficient (Wildman–Crippen LogP) is 2.46. The molecule has 1 aromatic carbocycles. The Hall–Kier alpha value is -1.92. The summed E-state index contributed by atoms with van der Waals surface area (Å²) in [6, 6.07) is 9.50. The van der Waals surface area contributed by atoms with Gasteiger partial charge in [0.05, 0.1) is 5.92 Å². The highest BCUT2D eigenvalue weighted by atomic mass is 16.2. The topological polar surface area (TPSA) is 55.9 Å². The Morgan fingerprint density at radius 2 is 1.68 bits per heavy atom. The van der Waals surface area contributed by atoms with E-state index < -0.39 is 0 Å². The Bertz CT molecular complexity index is 739. The van der Waals surface area contributed by atoms with Crippen LogP contribution in [0.25, 0.3) is 0 Å². The number of likely N-dealkylation sites (tertiary alicyclic amines) is 1. The van der Waals surface area contributed by atoms with Gasteiger partial charge in [-0.2, -0.15) is 0 Å². The molecule has 1 spiro atoms. The molecule has 6 nitrogen and oxygen atoms in total. The van der Waals surface area contributed by atoms with Crippen LogP contribution in [0.4, 0.5) is 0 Å². The van der Waals surface area contributed by atoms with Gasteiger partial charge >= 0.3 is 0 Å². The fraction of sp³-hybridized carbons (Fsp3) is 0.680. The average Bonchev–Trinajstić information content (AvgIpc) is 3.18. The Labute approximate surface area is 187 Å². The molecular weight excluding hydrogens is 388 g/mol. The van der Waals surface area contributed by atoms with Crippen LogP contribution < -0.4 is 5.32 Å². The zero-order valence-electron chi connectivity index (χ0n) is 19.0. The van der Waals surface area contributed by atoms with E-state index in [1.54, 1.807) is 0 Å². The van der Waals surface area contributed by atoms with Crippen molar-refractivity contribution in [3.05, 3.63) is 35.9 Å². The smallest absolute Gasteiger partial charge is 0.253 e. The van der Waals surface area contributed by atoms with Crippen LogP contribution in [0.2, 0.25) is 0 Å². The number of carbonyl (C=O) groups excluding carboxylic acids is 2. The average molecular weight is 427 g/mol. The molecule has 1 aliphatic carbocycles. The number of benzene rings is 1. The van der Waals surface area contributed by atoms with Crippen molar-refractivity contribution < 1.29 is 9.59 Å². The molecule has 0 radical (unpaired) electrons. The van der Waals surface area contributed by atoms with Gasteiger partial charge in [0.2, 0.25) is 5.91 Å². The zero-order chi connectivity index (χ0) is 21.7.